The minimum Gasteiger partial charge on any atom is -0.453 e. The van der Waals surface area contributed by atoms with Gasteiger partial charge in [-0.1, -0.05) is 62.4 Å². The largest absolute Gasteiger partial charge is 0.453 e. The number of hydrogen-bond donors (Lipinski definition) is 5. The van der Waals surface area contributed by atoms with Gasteiger partial charge in [0.2, 0.25) is 17.7 Å². The maximum Gasteiger partial charge on any atom is 0.407 e. The summed E-state index contributed by atoms with van der Waals surface area (Å²) in [5, 5.41) is 2.69. The van der Waals surface area contributed by atoms with Crippen LogP contribution in [0.25, 0.3) is 33.6 Å². The maximum atomic E-state index is 13.5. The molecule has 4 amide bonds. The molecule has 2 bridgehead atoms. The molecular formula is C39H46N8O5. The molecule has 13 nitrogen and oxygen atoms in total. The molecule has 13 heteroatoms. The van der Waals surface area contributed by atoms with E-state index in [1.54, 1.807) is 6.20 Å². The first-order chi connectivity index (χ1) is 25.1. The van der Waals surface area contributed by atoms with Crippen molar-refractivity contribution in [3.8, 4) is 33.6 Å². The number of H-pyrrole nitrogens is 2. The summed E-state index contributed by atoms with van der Waals surface area (Å²) in [6, 6.07) is 15.7. The first-order valence-electron chi connectivity index (χ1n) is 18.1. The Labute approximate surface area is 302 Å². The van der Waals surface area contributed by atoms with E-state index in [1.165, 1.54) is 14.0 Å². The summed E-state index contributed by atoms with van der Waals surface area (Å²) >= 11 is 0. The average Bonchev–Trinajstić information content (AvgIpc) is 4.00. The lowest BCUT2D eigenvalue weighted by molar-refractivity contribution is -0.135. The van der Waals surface area contributed by atoms with E-state index in [9.17, 15) is 19.2 Å². The lowest BCUT2D eigenvalue weighted by Crippen LogP contribution is -2.51. The summed E-state index contributed by atoms with van der Waals surface area (Å²) in [5.41, 5.74) is 10.9. The number of hydrazine groups is 1. The van der Waals surface area contributed by atoms with Gasteiger partial charge in [-0.2, -0.15) is 0 Å². The van der Waals surface area contributed by atoms with Crippen molar-refractivity contribution >= 4 is 23.8 Å². The number of carbonyl (C=O) groups excluding carboxylic acids is 4. The molecule has 52 heavy (non-hydrogen) atoms. The number of methoxy groups -OCH3 is 1. The van der Waals surface area contributed by atoms with Crippen molar-refractivity contribution in [2.75, 3.05) is 13.7 Å². The molecule has 3 heterocycles. The van der Waals surface area contributed by atoms with Gasteiger partial charge in [0.15, 0.2) is 0 Å². The van der Waals surface area contributed by atoms with Crippen molar-refractivity contribution in [1.82, 2.24) is 41.0 Å². The van der Waals surface area contributed by atoms with E-state index in [1.807, 2.05) is 24.9 Å². The second kappa shape index (κ2) is 14.6. The maximum absolute atomic E-state index is 13.5. The molecule has 0 spiro atoms. The normalized spacial score (nSPS) is 22.7. The fourth-order valence-corrected chi connectivity index (χ4v) is 8.48. The number of imidazole rings is 2. The van der Waals surface area contributed by atoms with Crippen LogP contribution in [0, 0.1) is 23.7 Å². The second-order valence-corrected chi connectivity index (χ2v) is 14.6. The van der Waals surface area contributed by atoms with Gasteiger partial charge in [-0.15, -0.1) is 0 Å². The standard InChI is InChI=1S/C39H46N8O5/c1-21(2)34(44-39(51)52-4)38(50)47-17-5-6-31(47)35-40-19-29(42-35)25-11-7-23(8-12-25)24-9-13-26(14-10-24)30-20-41-36(43-30)32-27-15-16-28(18-27)33(32)37(49)46-45-22(3)48/h7-14,19-21,27-28,31-34H,5-6,15-18H2,1-4H3,(H,40,42)(H,41,43)(H,44,51)(H,45,48)(H,46,49)/t27-,28+,31-,32+,33+,34?/m0/s1. The number of amides is 4. The van der Waals surface area contributed by atoms with Crippen molar-refractivity contribution in [2.24, 2.45) is 23.7 Å². The molecule has 6 atom stereocenters. The molecule has 2 aromatic heterocycles. The van der Waals surface area contributed by atoms with Gasteiger partial charge in [0.1, 0.15) is 17.7 Å². The Morgan fingerprint density at radius 1 is 0.808 bits per heavy atom. The molecule has 2 aliphatic carbocycles. The Morgan fingerprint density at radius 2 is 1.38 bits per heavy atom. The van der Waals surface area contributed by atoms with Crippen LogP contribution < -0.4 is 16.2 Å². The zero-order valence-corrected chi connectivity index (χ0v) is 29.9. The van der Waals surface area contributed by atoms with Gasteiger partial charge in [-0.3, -0.25) is 25.2 Å². The minimum absolute atomic E-state index is 0.00263. The third kappa shape index (κ3) is 6.91. The zero-order chi connectivity index (χ0) is 36.5. The van der Waals surface area contributed by atoms with Crippen LogP contribution in [0.3, 0.4) is 0 Å². The van der Waals surface area contributed by atoms with E-state index in [0.717, 1.165) is 77.4 Å². The highest BCUT2D eigenvalue weighted by Gasteiger charge is 2.52. The van der Waals surface area contributed by atoms with E-state index >= 15 is 0 Å². The highest BCUT2D eigenvalue weighted by molar-refractivity contribution is 5.86. The zero-order valence-electron chi connectivity index (χ0n) is 29.9. The van der Waals surface area contributed by atoms with Gasteiger partial charge in [0.25, 0.3) is 0 Å². The highest BCUT2D eigenvalue weighted by Crippen LogP contribution is 2.56. The lowest BCUT2D eigenvalue weighted by Gasteiger charge is -2.30. The number of fused-ring (bicyclic) bond motifs is 2. The molecule has 272 valence electrons. The van der Waals surface area contributed by atoms with E-state index in [-0.39, 0.29) is 41.5 Å². The number of carbonyl (C=O) groups is 4. The van der Waals surface area contributed by atoms with Crippen LogP contribution in [0.1, 0.15) is 76.5 Å². The Bertz CT molecular complexity index is 1930. The van der Waals surface area contributed by atoms with Crippen molar-refractivity contribution in [3.63, 3.8) is 0 Å². The number of ether oxygens (including phenoxy) is 1. The molecule has 1 aliphatic heterocycles. The predicted molar refractivity (Wildman–Crippen MR) is 194 cm³/mol. The molecule has 3 aliphatic rings. The van der Waals surface area contributed by atoms with Crippen LogP contribution in [0.4, 0.5) is 4.79 Å². The molecular weight excluding hydrogens is 660 g/mol. The molecule has 4 aromatic rings. The van der Waals surface area contributed by atoms with Crippen LogP contribution in [-0.2, 0) is 19.1 Å². The third-order valence-corrected chi connectivity index (χ3v) is 11.1. The van der Waals surface area contributed by atoms with Crippen LogP contribution in [0.2, 0.25) is 0 Å². The van der Waals surface area contributed by atoms with Crippen molar-refractivity contribution in [1.29, 1.82) is 0 Å². The number of benzene rings is 2. The van der Waals surface area contributed by atoms with E-state index in [0.29, 0.717) is 18.4 Å². The number of alkyl carbamates (subject to hydrolysis) is 1. The first kappa shape index (κ1) is 35.0. The summed E-state index contributed by atoms with van der Waals surface area (Å²) in [6.07, 6.45) is 7.78. The van der Waals surface area contributed by atoms with Gasteiger partial charge < -0.3 is 24.9 Å². The lowest BCUT2D eigenvalue weighted by atomic mass is 9.78. The van der Waals surface area contributed by atoms with Gasteiger partial charge in [0, 0.05) is 19.4 Å². The Balaban J connectivity index is 1.01. The molecule has 3 fully saturated rings. The molecule has 2 aromatic carbocycles. The third-order valence-electron chi connectivity index (χ3n) is 11.1. The molecule has 2 saturated carbocycles. The fraction of sp³-hybridized carbons (Fsp3) is 0.436. The smallest absolute Gasteiger partial charge is 0.407 e. The monoisotopic (exact) mass is 706 g/mol. The number of likely N-dealkylation sites (tertiary alicyclic amines) is 1. The number of aromatic amines is 2. The van der Waals surface area contributed by atoms with Crippen LogP contribution >= 0.6 is 0 Å². The van der Waals surface area contributed by atoms with Gasteiger partial charge >= 0.3 is 6.09 Å². The molecule has 0 radical (unpaired) electrons. The van der Waals surface area contributed by atoms with E-state index in [2.05, 4.69) is 79.7 Å². The predicted octanol–water partition coefficient (Wildman–Crippen LogP) is 5.47. The second-order valence-electron chi connectivity index (χ2n) is 14.6. The number of hydrogen-bond acceptors (Lipinski definition) is 7. The summed E-state index contributed by atoms with van der Waals surface area (Å²) in [5.74, 6) is 1.36. The fourth-order valence-electron chi connectivity index (χ4n) is 8.48. The summed E-state index contributed by atoms with van der Waals surface area (Å²) < 4.78 is 4.75. The Kier molecular flexibility index (Phi) is 9.85. The van der Waals surface area contributed by atoms with Crippen molar-refractivity contribution in [3.05, 3.63) is 72.6 Å². The van der Waals surface area contributed by atoms with Gasteiger partial charge in [0.05, 0.1) is 42.9 Å². The van der Waals surface area contributed by atoms with Gasteiger partial charge in [-0.05, 0) is 72.1 Å². The number of aromatic nitrogens is 4. The van der Waals surface area contributed by atoms with E-state index < -0.39 is 12.1 Å². The SMILES string of the molecule is COC(=O)NC(C(=O)N1CCC[C@H]1c1ncc(-c2ccc(-c3ccc(-c4cnc([C@@H]5[C@H]6CC[C@H](C6)[C@H]5C(=O)NNC(C)=O)[nH]4)cc3)cc2)[nH]1)C(C)C. The van der Waals surface area contributed by atoms with Crippen LogP contribution in [0.15, 0.2) is 60.9 Å². The first-order valence-corrected chi connectivity index (χ1v) is 18.1. The van der Waals surface area contributed by atoms with E-state index in [4.69, 9.17) is 9.72 Å². The Hall–Kier alpha value is -5.46. The quantitative estimate of drug-likeness (QED) is 0.143. The van der Waals surface area contributed by atoms with Crippen molar-refractivity contribution < 1.29 is 23.9 Å². The van der Waals surface area contributed by atoms with Gasteiger partial charge in [-0.25, -0.2) is 14.8 Å². The Morgan fingerprint density at radius 3 is 1.98 bits per heavy atom. The van der Waals surface area contributed by atoms with Crippen molar-refractivity contribution in [2.45, 2.75) is 70.9 Å². The number of rotatable bonds is 9. The molecule has 1 saturated heterocycles. The number of nitrogens with one attached hydrogen (secondary N) is 5. The molecule has 7 rings (SSSR count). The summed E-state index contributed by atoms with van der Waals surface area (Å²) in [7, 11) is 1.29. The highest BCUT2D eigenvalue weighted by atomic mass is 16.5. The summed E-state index contributed by atoms with van der Waals surface area (Å²) in [4.78, 5) is 68.0. The number of nitrogens with zero attached hydrogens (tertiary/aromatic N) is 3. The molecule has 1 unspecified atom stereocenters. The average molecular weight is 707 g/mol. The topological polar surface area (TPSA) is 174 Å². The van der Waals surface area contributed by atoms with Crippen LogP contribution in [-0.4, -0.2) is 68.3 Å². The molecule has 5 N–H and O–H groups in total. The minimum atomic E-state index is -0.682. The summed E-state index contributed by atoms with van der Waals surface area (Å²) in [6.45, 7) is 5.78. The van der Waals surface area contributed by atoms with Crippen LogP contribution in [0.5, 0.6) is 0 Å².